The third-order valence-corrected chi connectivity index (χ3v) is 3.21. The van der Waals surface area contributed by atoms with Crippen LogP contribution in [0.1, 0.15) is 11.1 Å². The summed E-state index contributed by atoms with van der Waals surface area (Å²) in [6.07, 6.45) is 5.54. The minimum atomic E-state index is 0.740. The van der Waals surface area contributed by atoms with Crippen molar-refractivity contribution in [1.29, 1.82) is 0 Å². The number of aryl methyl sites for hydroxylation is 2. The van der Waals surface area contributed by atoms with Gasteiger partial charge in [-0.2, -0.15) is 0 Å². The average molecular weight is 317 g/mol. The lowest BCUT2D eigenvalue weighted by Gasteiger charge is -2.09. The lowest BCUT2D eigenvalue weighted by Crippen LogP contribution is -1.99. The fourth-order valence-corrected chi connectivity index (χ4v) is 2.57. The molecule has 5 heteroatoms. The number of rotatable bonds is 2. The number of benzene rings is 1. The molecule has 0 unspecified atom stereocenters. The second-order valence-corrected chi connectivity index (χ2v) is 5.38. The summed E-state index contributed by atoms with van der Waals surface area (Å²) in [5.74, 6) is 0.740. The zero-order chi connectivity index (χ0) is 13.4. The first kappa shape index (κ1) is 12.2. The van der Waals surface area contributed by atoms with Crippen LogP contribution in [0.4, 0.5) is 11.5 Å². The second-order valence-electron chi connectivity index (χ2n) is 4.57. The summed E-state index contributed by atoms with van der Waals surface area (Å²) in [6.45, 7) is 4.16. The highest BCUT2D eigenvalue weighted by Crippen LogP contribution is 2.22. The molecular formula is C14H13BrN4. The van der Waals surface area contributed by atoms with Crippen LogP contribution >= 0.6 is 15.9 Å². The van der Waals surface area contributed by atoms with E-state index < -0.39 is 0 Å². The summed E-state index contributed by atoms with van der Waals surface area (Å²) >= 11 is 3.41. The van der Waals surface area contributed by atoms with E-state index in [1.54, 1.807) is 6.20 Å². The zero-order valence-electron chi connectivity index (χ0n) is 10.7. The quantitative estimate of drug-likeness (QED) is 0.780. The molecule has 0 aliphatic heterocycles. The van der Waals surface area contributed by atoms with Gasteiger partial charge in [-0.05, 0) is 53.0 Å². The fraction of sp³-hybridized carbons (Fsp3) is 0.143. The van der Waals surface area contributed by atoms with Gasteiger partial charge in [-0.15, -0.1) is 0 Å². The Kier molecular flexibility index (Phi) is 2.98. The smallest absolute Gasteiger partial charge is 0.180 e. The maximum Gasteiger partial charge on any atom is 0.180 e. The van der Waals surface area contributed by atoms with Crippen LogP contribution in [0.5, 0.6) is 0 Å². The van der Waals surface area contributed by atoms with Crippen LogP contribution in [0.3, 0.4) is 0 Å². The number of aromatic nitrogens is 3. The number of fused-ring (bicyclic) bond motifs is 1. The van der Waals surface area contributed by atoms with Crippen molar-refractivity contribution in [3.05, 3.63) is 52.5 Å². The first-order valence-corrected chi connectivity index (χ1v) is 6.76. The van der Waals surface area contributed by atoms with E-state index in [4.69, 9.17) is 0 Å². The molecule has 0 bridgehead atoms. The predicted molar refractivity (Wildman–Crippen MR) is 79.9 cm³/mol. The van der Waals surface area contributed by atoms with Crippen molar-refractivity contribution in [2.75, 3.05) is 5.32 Å². The lowest BCUT2D eigenvalue weighted by molar-refractivity contribution is 1.10. The van der Waals surface area contributed by atoms with E-state index in [1.165, 1.54) is 11.1 Å². The van der Waals surface area contributed by atoms with E-state index in [9.17, 15) is 0 Å². The highest BCUT2D eigenvalue weighted by molar-refractivity contribution is 9.10. The van der Waals surface area contributed by atoms with Crippen molar-refractivity contribution in [2.24, 2.45) is 0 Å². The molecule has 96 valence electrons. The van der Waals surface area contributed by atoms with Gasteiger partial charge in [0.2, 0.25) is 0 Å². The fourth-order valence-electron chi connectivity index (χ4n) is 2.17. The van der Waals surface area contributed by atoms with Gasteiger partial charge >= 0.3 is 0 Å². The molecule has 0 aliphatic rings. The molecule has 1 aromatic carbocycles. The number of hydrogen-bond donors (Lipinski definition) is 1. The van der Waals surface area contributed by atoms with Gasteiger partial charge in [0.1, 0.15) is 4.60 Å². The number of nitrogens with zero attached hydrogens (tertiary/aromatic N) is 3. The summed E-state index contributed by atoms with van der Waals surface area (Å²) in [5, 5.41) is 3.33. The molecule has 2 heterocycles. The van der Waals surface area contributed by atoms with Crippen LogP contribution in [-0.2, 0) is 0 Å². The van der Waals surface area contributed by atoms with Gasteiger partial charge in [0.05, 0.1) is 0 Å². The van der Waals surface area contributed by atoms with Gasteiger partial charge in [-0.1, -0.05) is 6.07 Å². The van der Waals surface area contributed by atoms with Gasteiger partial charge in [-0.3, -0.25) is 0 Å². The molecule has 4 nitrogen and oxygen atoms in total. The normalized spacial score (nSPS) is 10.9. The summed E-state index contributed by atoms with van der Waals surface area (Å²) in [4.78, 5) is 8.77. The Balaban J connectivity index is 2.07. The maximum atomic E-state index is 4.45. The van der Waals surface area contributed by atoms with Crippen molar-refractivity contribution in [2.45, 2.75) is 13.8 Å². The number of nitrogens with one attached hydrogen (secondary N) is 1. The highest BCUT2D eigenvalue weighted by Gasteiger charge is 2.07. The van der Waals surface area contributed by atoms with Crippen LogP contribution in [0.25, 0.3) is 5.65 Å². The monoisotopic (exact) mass is 316 g/mol. The van der Waals surface area contributed by atoms with Gasteiger partial charge in [0, 0.05) is 24.3 Å². The molecule has 0 radical (unpaired) electrons. The number of halogens is 1. The van der Waals surface area contributed by atoms with Crippen LogP contribution < -0.4 is 5.32 Å². The van der Waals surface area contributed by atoms with Crippen molar-refractivity contribution in [1.82, 2.24) is 14.4 Å². The molecule has 0 fully saturated rings. The third-order valence-electron chi connectivity index (χ3n) is 2.83. The minimum Gasteiger partial charge on any atom is -0.337 e. The van der Waals surface area contributed by atoms with Crippen LogP contribution in [0.15, 0.2) is 41.4 Å². The number of anilines is 2. The van der Waals surface area contributed by atoms with Gasteiger partial charge < -0.3 is 9.72 Å². The van der Waals surface area contributed by atoms with E-state index in [0.29, 0.717) is 0 Å². The topological polar surface area (TPSA) is 42.2 Å². The Bertz CT molecular complexity index is 728. The van der Waals surface area contributed by atoms with Gasteiger partial charge in [-0.25, -0.2) is 9.97 Å². The summed E-state index contributed by atoms with van der Waals surface area (Å²) in [6, 6.07) is 6.33. The Labute approximate surface area is 119 Å². The molecule has 0 amide bonds. The third kappa shape index (κ3) is 2.46. The Morgan fingerprint density at radius 1 is 1.16 bits per heavy atom. The first-order valence-electron chi connectivity index (χ1n) is 5.96. The number of imidazole rings is 1. The molecule has 0 saturated carbocycles. The summed E-state index contributed by atoms with van der Waals surface area (Å²) < 4.78 is 2.70. The highest BCUT2D eigenvalue weighted by atomic mass is 79.9. The Morgan fingerprint density at radius 3 is 2.63 bits per heavy atom. The maximum absolute atomic E-state index is 4.45. The second kappa shape index (κ2) is 4.66. The summed E-state index contributed by atoms with van der Waals surface area (Å²) in [5.41, 5.74) is 4.27. The van der Waals surface area contributed by atoms with Crippen molar-refractivity contribution >= 4 is 33.1 Å². The molecule has 0 atom stereocenters. The SMILES string of the molecule is Cc1cc(C)cc(Nc2nc(Br)cn3ccnc23)c1. The Morgan fingerprint density at radius 2 is 1.89 bits per heavy atom. The van der Waals surface area contributed by atoms with Crippen LogP contribution in [0.2, 0.25) is 0 Å². The molecule has 2 aromatic heterocycles. The first-order chi connectivity index (χ1) is 9.11. The van der Waals surface area contributed by atoms with E-state index in [-0.39, 0.29) is 0 Å². The molecule has 1 N–H and O–H groups in total. The standard InChI is InChI=1S/C14H13BrN4/c1-9-5-10(2)7-11(6-9)17-13-14-16-3-4-19(14)8-12(15)18-13/h3-8H,1-2H3,(H,17,18). The molecule has 0 spiro atoms. The molecule has 0 aliphatic carbocycles. The van der Waals surface area contributed by atoms with E-state index in [1.807, 2.05) is 16.8 Å². The largest absolute Gasteiger partial charge is 0.337 e. The van der Waals surface area contributed by atoms with E-state index in [0.717, 1.165) is 21.8 Å². The lowest BCUT2D eigenvalue weighted by atomic mass is 10.1. The predicted octanol–water partition coefficient (Wildman–Crippen LogP) is 3.85. The van der Waals surface area contributed by atoms with Crippen LogP contribution in [0, 0.1) is 13.8 Å². The molecule has 19 heavy (non-hydrogen) atoms. The van der Waals surface area contributed by atoms with Gasteiger partial charge in [0.15, 0.2) is 11.5 Å². The minimum absolute atomic E-state index is 0.740. The molecular weight excluding hydrogens is 304 g/mol. The molecule has 0 saturated heterocycles. The zero-order valence-corrected chi connectivity index (χ0v) is 12.3. The summed E-state index contributed by atoms with van der Waals surface area (Å²) in [7, 11) is 0. The van der Waals surface area contributed by atoms with Crippen LogP contribution in [-0.4, -0.2) is 14.4 Å². The van der Waals surface area contributed by atoms with Crippen molar-refractivity contribution < 1.29 is 0 Å². The molecule has 3 aromatic rings. The Hall–Kier alpha value is -1.88. The van der Waals surface area contributed by atoms with E-state index >= 15 is 0 Å². The van der Waals surface area contributed by atoms with E-state index in [2.05, 4.69) is 63.3 Å². The van der Waals surface area contributed by atoms with Crippen molar-refractivity contribution in [3.63, 3.8) is 0 Å². The van der Waals surface area contributed by atoms with Gasteiger partial charge in [0.25, 0.3) is 0 Å². The molecule has 3 rings (SSSR count). The average Bonchev–Trinajstić information content (AvgIpc) is 2.75. The van der Waals surface area contributed by atoms with Crippen molar-refractivity contribution in [3.8, 4) is 0 Å². The number of hydrogen-bond acceptors (Lipinski definition) is 3.